The van der Waals surface area contributed by atoms with Gasteiger partial charge in [-0.05, 0) is 49.1 Å². The summed E-state index contributed by atoms with van der Waals surface area (Å²) in [4.78, 5) is 16.5. The summed E-state index contributed by atoms with van der Waals surface area (Å²) in [6, 6.07) is 8.08. The second-order valence-corrected chi connectivity index (χ2v) is 11.0. The molecule has 158 valence electrons. The number of fused-ring (bicyclic) bond motifs is 2. The van der Waals surface area contributed by atoms with Gasteiger partial charge in [-0.2, -0.15) is 4.31 Å². The number of sulfonamides is 1. The quantitative estimate of drug-likeness (QED) is 0.476. The Morgan fingerprint density at radius 2 is 2.06 bits per heavy atom. The molecule has 0 radical (unpaired) electrons. The lowest BCUT2D eigenvalue weighted by Gasteiger charge is -2.25. The van der Waals surface area contributed by atoms with Crippen LogP contribution in [0.5, 0.6) is 0 Å². The van der Waals surface area contributed by atoms with Gasteiger partial charge in [0.15, 0.2) is 0 Å². The largest absolute Gasteiger partial charge is 0.340 e. The summed E-state index contributed by atoms with van der Waals surface area (Å²) in [7, 11) is -3.13. The van der Waals surface area contributed by atoms with Gasteiger partial charge in [-0.15, -0.1) is 11.3 Å². The highest BCUT2D eigenvalue weighted by atomic mass is 32.2. The Hall–Kier alpha value is -2.82. The molecule has 2 aliphatic rings. The number of anilines is 2. The summed E-state index contributed by atoms with van der Waals surface area (Å²) < 4.78 is 27.7. The third-order valence-electron chi connectivity index (χ3n) is 5.84. The zero-order chi connectivity index (χ0) is 21.0. The van der Waals surface area contributed by atoms with Crippen molar-refractivity contribution in [2.24, 2.45) is 0 Å². The van der Waals surface area contributed by atoms with Gasteiger partial charge >= 0.3 is 0 Å². The van der Waals surface area contributed by atoms with Crippen LogP contribution in [0.1, 0.15) is 25.0 Å². The van der Waals surface area contributed by atoms with Gasteiger partial charge in [0.05, 0.1) is 26.4 Å². The topological polar surface area (TPSA) is 104 Å². The third kappa shape index (κ3) is 3.40. The number of thiazole rings is 1. The minimum atomic E-state index is -3.13. The molecule has 4 heterocycles. The van der Waals surface area contributed by atoms with E-state index < -0.39 is 10.0 Å². The molecule has 1 fully saturated rings. The van der Waals surface area contributed by atoms with E-state index in [1.165, 1.54) is 6.33 Å². The minimum absolute atomic E-state index is 0.163. The fourth-order valence-electron chi connectivity index (χ4n) is 3.99. The first-order chi connectivity index (χ1) is 15.1. The van der Waals surface area contributed by atoms with Crippen LogP contribution in [0.2, 0.25) is 0 Å². The second kappa shape index (κ2) is 7.11. The fraction of sp³-hybridized carbons (Fsp3) is 0.286. The molecule has 0 bridgehead atoms. The maximum atomic E-state index is 12.5. The van der Waals surface area contributed by atoms with Crippen molar-refractivity contribution in [2.75, 3.05) is 18.4 Å². The summed E-state index contributed by atoms with van der Waals surface area (Å²) in [5.41, 5.74) is 6.58. The van der Waals surface area contributed by atoms with Gasteiger partial charge in [0.25, 0.3) is 0 Å². The van der Waals surface area contributed by atoms with E-state index in [0.29, 0.717) is 19.5 Å². The Morgan fingerprint density at radius 1 is 1.16 bits per heavy atom. The smallest absolute Gasteiger partial charge is 0.217 e. The standard InChI is InChI=1S/C21H20N6O2S2/c28-31(29,15-2-3-15)27-7-5-13(6-8-27)18-10-16-20(22-11-23-21(16)26-18)25-14-1-4-17-19(9-14)30-12-24-17/h1,4-5,9-12,15H,2-3,6-8H2,(H2,22,23,25,26). The van der Waals surface area contributed by atoms with Crippen LogP contribution in [-0.4, -0.2) is 51.0 Å². The molecule has 10 heteroatoms. The molecule has 3 aromatic heterocycles. The first-order valence-electron chi connectivity index (χ1n) is 10.2. The van der Waals surface area contributed by atoms with E-state index >= 15 is 0 Å². The summed E-state index contributed by atoms with van der Waals surface area (Å²) in [5, 5.41) is 4.13. The summed E-state index contributed by atoms with van der Waals surface area (Å²) in [5.74, 6) is 0.728. The van der Waals surface area contributed by atoms with Gasteiger partial charge in [0.1, 0.15) is 17.8 Å². The molecule has 0 atom stereocenters. The van der Waals surface area contributed by atoms with Gasteiger partial charge in [-0.25, -0.2) is 23.4 Å². The first-order valence-corrected chi connectivity index (χ1v) is 12.6. The first kappa shape index (κ1) is 18.9. The number of hydrogen-bond acceptors (Lipinski definition) is 7. The number of nitrogens with one attached hydrogen (secondary N) is 2. The van der Waals surface area contributed by atoms with Gasteiger partial charge in [-0.1, -0.05) is 6.08 Å². The number of rotatable bonds is 5. The third-order valence-corrected chi connectivity index (χ3v) is 9.00. The Bertz CT molecular complexity index is 1430. The average Bonchev–Trinajstić information content (AvgIpc) is 3.39. The molecule has 1 saturated carbocycles. The van der Waals surface area contributed by atoms with Crippen molar-refractivity contribution in [1.29, 1.82) is 0 Å². The van der Waals surface area contributed by atoms with E-state index in [1.54, 1.807) is 15.6 Å². The molecule has 31 heavy (non-hydrogen) atoms. The number of aromatic nitrogens is 4. The van der Waals surface area contributed by atoms with Crippen LogP contribution in [-0.2, 0) is 10.0 Å². The van der Waals surface area contributed by atoms with Crippen molar-refractivity contribution in [1.82, 2.24) is 24.2 Å². The number of hydrogen-bond donors (Lipinski definition) is 2. The lowest BCUT2D eigenvalue weighted by Crippen LogP contribution is -2.36. The summed E-state index contributed by atoms with van der Waals surface area (Å²) in [6.45, 7) is 0.945. The van der Waals surface area contributed by atoms with Gasteiger partial charge in [0.2, 0.25) is 10.0 Å². The highest BCUT2D eigenvalue weighted by Crippen LogP contribution is 2.34. The van der Waals surface area contributed by atoms with Crippen LogP contribution < -0.4 is 5.32 Å². The van der Waals surface area contributed by atoms with E-state index in [2.05, 4.69) is 31.3 Å². The van der Waals surface area contributed by atoms with Crippen LogP contribution >= 0.6 is 11.3 Å². The van der Waals surface area contributed by atoms with Crippen LogP contribution in [0.25, 0.3) is 26.8 Å². The van der Waals surface area contributed by atoms with Gasteiger partial charge in [-0.3, -0.25) is 0 Å². The second-order valence-electron chi connectivity index (χ2n) is 7.91. The average molecular weight is 453 g/mol. The van der Waals surface area contributed by atoms with E-state index in [1.807, 2.05) is 29.8 Å². The van der Waals surface area contributed by atoms with E-state index in [4.69, 9.17) is 0 Å². The molecular weight excluding hydrogens is 432 g/mol. The van der Waals surface area contributed by atoms with Crippen LogP contribution in [0.3, 0.4) is 0 Å². The monoisotopic (exact) mass is 452 g/mol. The van der Waals surface area contributed by atoms with Crippen molar-refractivity contribution < 1.29 is 8.42 Å². The van der Waals surface area contributed by atoms with Crippen LogP contribution in [0.15, 0.2) is 42.2 Å². The fourth-order valence-corrected chi connectivity index (χ4v) is 6.48. The molecule has 0 spiro atoms. The maximum absolute atomic E-state index is 12.5. The predicted molar refractivity (Wildman–Crippen MR) is 123 cm³/mol. The van der Waals surface area contributed by atoms with Crippen molar-refractivity contribution in [3.63, 3.8) is 0 Å². The zero-order valence-electron chi connectivity index (χ0n) is 16.6. The van der Waals surface area contributed by atoms with Crippen LogP contribution in [0, 0.1) is 0 Å². The Labute approximate surface area is 183 Å². The number of nitrogens with zero attached hydrogens (tertiary/aromatic N) is 4. The normalized spacial score (nSPS) is 17.9. The molecule has 0 saturated heterocycles. The molecule has 2 N–H and O–H groups in total. The highest BCUT2D eigenvalue weighted by molar-refractivity contribution is 7.90. The molecule has 6 rings (SSSR count). The molecule has 1 aromatic carbocycles. The molecule has 1 aliphatic carbocycles. The van der Waals surface area contributed by atoms with Gasteiger partial charge in [0, 0.05) is 24.5 Å². The van der Waals surface area contributed by atoms with E-state index in [9.17, 15) is 8.42 Å². The van der Waals surface area contributed by atoms with Crippen molar-refractivity contribution in [3.05, 3.63) is 47.9 Å². The molecule has 1 aliphatic heterocycles. The van der Waals surface area contributed by atoms with Gasteiger partial charge < -0.3 is 10.3 Å². The Balaban J connectivity index is 1.28. The van der Waals surface area contributed by atoms with Crippen molar-refractivity contribution >= 4 is 59.7 Å². The Morgan fingerprint density at radius 3 is 2.87 bits per heavy atom. The number of H-pyrrole nitrogens is 1. The van der Waals surface area contributed by atoms with Crippen molar-refractivity contribution in [3.8, 4) is 0 Å². The highest BCUT2D eigenvalue weighted by Gasteiger charge is 2.40. The summed E-state index contributed by atoms with van der Waals surface area (Å²) in [6.07, 6.45) is 5.81. The predicted octanol–water partition coefficient (Wildman–Crippen LogP) is 3.89. The SMILES string of the molecule is O=S(=O)(C1CC1)N1CC=C(c2cc3c(Nc4ccc5ncsc5c4)ncnc3[nH]2)CC1. The van der Waals surface area contributed by atoms with Crippen LogP contribution in [0.4, 0.5) is 11.5 Å². The lowest BCUT2D eigenvalue weighted by atomic mass is 10.1. The molecule has 0 unspecified atom stereocenters. The number of benzene rings is 1. The van der Waals surface area contributed by atoms with E-state index in [-0.39, 0.29) is 5.25 Å². The zero-order valence-corrected chi connectivity index (χ0v) is 18.2. The lowest BCUT2D eigenvalue weighted by molar-refractivity contribution is 0.440. The molecule has 4 aromatic rings. The molecule has 0 amide bonds. The van der Waals surface area contributed by atoms with E-state index in [0.717, 1.165) is 56.9 Å². The maximum Gasteiger partial charge on any atom is 0.217 e. The van der Waals surface area contributed by atoms with Crippen molar-refractivity contribution in [2.45, 2.75) is 24.5 Å². The Kier molecular flexibility index (Phi) is 4.34. The molecule has 8 nitrogen and oxygen atoms in total. The minimum Gasteiger partial charge on any atom is -0.340 e. The number of aromatic amines is 1. The summed E-state index contributed by atoms with van der Waals surface area (Å²) >= 11 is 1.60. The molecular formula is C21H20N6O2S2.